The molecule has 5 heteroatoms. The SMILES string of the molecule is O=C1N[C@H](c2ccc(N3CCOCC3)cc2)Nc2ccccc21. The molecule has 2 heterocycles. The first-order chi connectivity index (χ1) is 11.3. The number of morpholine rings is 1. The minimum atomic E-state index is -0.198. The zero-order valence-corrected chi connectivity index (χ0v) is 12.8. The van der Waals surface area contributed by atoms with Gasteiger partial charge in [0.15, 0.2) is 0 Å². The Hall–Kier alpha value is -2.53. The van der Waals surface area contributed by atoms with E-state index in [-0.39, 0.29) is 12.1 Å². The lowest BCUT2D eigenvalue weighted by Crippen LogP contribution is -2.38. The summed E-state index contributed by atoms with van der Waals surface area (Å²) in [5.41, 5.74) is 3.80. The van der Waals surface area contributed by atoms with Gasteiger partial charge in [-0.05, 0) is 29.8 Å². The lowest BCUT2D eigenvalue weighted by Gasteiger charge is -2.30. The Morgan fingerprint density at radius 3 is 2.48 bits per heavy atom. The Balaban J connectivity index is 1.54. The highest BCUT2D eigenvalue weighted by Gasteiger charge is 2.24. The molecular formula is C18H19N3O2. The quantitative estimate of drug-likeness (QED) is 0.894. The highest BCUT2D eigenvalue weighted by atomic mass is 16.5. The van der Waals surface area contributed by atoms with E-state index >= 15 is 0 Å². The summed E-state index contributed by atoms with van der Waals surface area (Å²) >= 11 is 0. The van der Waals surface area contributed by atoms with Crippen molar-refractivity contribution in [1.82, 2.24) is 5.32 Å². The van der Waals surface area contributed by atoms with Crippen LogP contribution in [0.25, 0.3) is 0 Å². The molecule has 0 aliphatic carbocycles. The van der Waals surface area contributed by atoms with E-state index in [1.54, 1.807) is 0 Å². The van der Waals surface area contributed by atoms with Crippen LogP contribution in [0.4, 0.5) is 11.4 Å². The maximum absolute atomic E-state index is 12.2. The molecule has 2 aromatic rings. The van der Waals surface area contributed by atoms with Gasteiger partial charge in [-0.15, -0.1) is 0 Å². The van der Waals surface area contributed by atoms with E-state index in [1.807, 2.05) is 24.3 Å². The third-order valence-corrected chi connectivity index (χ3v) is 4.35. The second kappa shape index (κ2) is 5.93. The molecule has 5 nitrogen and oxygen atoms in total. The third kappa shape index (κ3) is 2.75. The number of nitrogens with zero attached hydrogens (tertiary/aromatic N) is 1. The van der Waals surface area contributed by atoms with Crippen LogP contribution in [0.1, 0.15) is 22.1 Å². The number of hydrogen-bond donors (Lipinski definition) is 2. The number of hydrogen-bond acceptors (Lipinski definition) is 4. The van der Waals surface area contributed by atoms with Crippen LogP contribution in [0.2, 0.25) is 0 Å². The second-order valence-electron chi connectivity index (χ2n) is 5.79. The van der Waals surface area contributed by atoms with Gasteiger partial charge in [0.05, 0.1) is 18.8 Å². The van der Waals surface area contributed by atoms with Crippen molar-refractivity contribution >= 4 is 17.3 Å². The predicted molar refractivity (Wildman–Crippen MR) is 89.7 cm³/mol. The fraction of sp³-hybridized carbons (Fsp3) is 0.278. The molecule has 2 N–H and O–H groups in total. The first-order valence-corrected chi connectivity index (χ1v) is 7.90. The van der Waals surface area contributed by atoms with Crippen molar-refractivity contribution in [3.63, 3.8) is 0 Å². The number of para-hydroxylation sites is 1. The molecule has 0 radical (unpaired) electrons. The van der Waals surface area contributed by atoms with Crippen LogP contribution in [-0.4, -0.2) is 32.2 Å². The normalized spacial score (nSPS) is 20.4. The molecule has 0 bridgehead atoms. The fourth-order valence-electron chi connectivity index (χ4n) is 3.07. The van der Waals surface area contributed by atoms with Crippen molar-refractivity contribution < 1.29 is 9.53 Å². The Morgan fingerprint density at radius 2 is 1.70 bits per heavy atom. The molecule has 1 fully saturated rings. The van der Waals surface area contributed by atoms with E-state index < -0.39 is 0 Å². The number of carbonyl (C=O) groups excluding carboxylic acids is 1. The minimum absolute atomic E-state index is 0.0402. The Morgan fingerprint density at radius 1 is 0.957 bits per heavy atom. The highest BCUT2D eigenvalue weighted by molar-refractivity contribution is 6.01. The molecule has 2 aliphatic heterocycles. The number of anilines is 2. The van der Waals surface area contributed by atoms with Crippen molar-refractivity contribution in [1.29, 1.82) is 0 Å². The lowest BCUT2D eigenvalue weighted by atomic mass is 10.1. The molecule has 1 atom stereocenters. The van der Waals surface area contributed by atoms with Gasteiger partial charge in [0, 0.05) is 24.5 Å². The highest BCUT2D eigenvalue weighted by Crippen LogP contribution is 2.27. The van der Waals surface area contributed by atoms with Gasteiger partial charge in [0.25, 0.3) is 5.91 Å². The number of fused-ring (bicyclic) bond motifs is 1. The number of amides is 1. The molecule has 4 rings (SSSR count). The summed E-state index contributed by atoms with van der Waals surface area (Å²) in [6.45, 7) is 3.40. The number of benzene rings is 2. The van der Waals surface area contributed by atoms with Crippen molar-refractivity contribution in [2.75, 3.05) is 36.5 Å². The van der Waals surface area contributed by atoms with Gasteiger partial charge in [-0.2, -0.15) is 0 Å². The van der Waals surface area contributed by atoms with E-state index in [9.17, 15) is 4.79 Å². The average molecular weight is 309 g/mol. The van der Waals surface area contributed by atoms with E-state index in [4.69, 9.17) is 4.74 Å². The Kier molecular flexibility index (Phi) is 3.63. The van der Waals surface area contributed by atoms with Crippen LogP contribution in [-0.2, 0) is 4.74 Å². The first kappa shape index (κ1) is 14.1. The van der Waals surface area contributed by atoms with E-state index in [2.05, 4.69) is 39.8 Å². The van der Waals surface area contributed by atoms with E-state index in [1.165, 1.54) is 5.69 Å². The van der Waals surface area contributed by atoms with E-state index in [0.29, 0.717) is 5.56 Å². The third-order valence-electron chi connectivity index (χ3n) is 4.35. The first-order valence-electron chi connectivity index (χ1n) is 7.90. The summed E-state index contributed by atoms with van der Waals surface area (Å²) in [6.07, 6.45) is -0.198. The number of ether oxygens (including phenoxy) is 1. The van der Waals surface area contributed by atoms with Crippen LogP contribution in [0.3, 0.4) is 0 Å². The number of rotatable bonds is 2. The summed E-state index contributed by atoms with van der Waals surface area (Å²) < 4.78 is 5.39. The van der Waals surface area contributed by atoms with Gasteiger partial charge >= 0.3 is 0 Å². The maximum atomic E-state index is 12.2. The zero-order chi connectivity index (χ0) is 15.6. The monoisotopic (exact) mass is 309 g/mol. The molecule has 2 aliphatic rings. The van der Waals surface area contributed by atoms with Crippen molar-refractivity contribution in [3.05, 3.63) is 59.7 Å². The summed E-state index contributed by atoms with van der Waals surface area (Å²) in [6, 6.07) is 15.9. The fourth-order valence-corrected chi connectivity index (χ4v) is 3.07. The summed E-state index contributed by atoms with van der Waals surface area (Å²) in [5, 5.41) is 6.38. The smallest absolute Gasteiger partial charge is 0.255 e. The molecule has 0 saturated carbocycles. The van der Waals surface area contributed by atoms with Gasteiger partial charge in [-0.1, -0.05) is 24.3 Å². The van der Waals surface area contributed by atoms with Gasteiger partial charge in [0.2, 0.25) is 0 Å². The van der Waals surface area contributed by atoms with Gasteiger partial charge in [0.1, 0.15) is 6.17 Å². The van der Waals surface area contributed by atoms with Gasteiger partial charge in [-0.3, -0.25) is 4.79 Å². The van der Waals surface area contributed by atoms with Crippen LogP contribution in [0.15, 0.2) is 48.5 Å². The van der Waals surface area contributed by atoms with Crippen LogP contribution < -0.4 is 15.5 Å². The van der Waals surface area contributed by atoms with Crippen LogP contribution in [0.5, 0.6) is 0 Å². The summed E-state index contributed by atoms with van der Waals surface area (Å²) in [5.74, 6) is -0.0402. The van der Waals surface area contributed by atoms with Gasteiger partial charge < -0.3 is 20.3 Å². The molecule has 0 aromatic heterocycles. The number of nitrogens with one attached hydrogen (secondary N) is 2. The molecule has 0 spiro atoms. The molecule has 118 valence electrons. The van der Waals surface area contributed by atoms with Crippen LogP contribution >= 0.6 is 0 Å². The molecule has 0 unspecified atom stereocenters. The number of carbonyl (C=O) groups is 1. The van der Waals surface area contributed by atoms with Crippen LogP contribution in [0, 0.1) is 0 Å². The largest absolute Gasteiger partial charge is 0.378 e. The molecule has 1 saturated heterocycles. The summed E-state index contributed by atoms with van der Waals surface area (Å²) in [7, 11) is 0. The van der Waals surface area contributed by atoms with Crippen molar-refractivity contribution in [2.24, 2.45) is 0 Å². The summed E-state index contributed by atoms with van der Waals surface area (Å²) in [4.78, 5) is 14.5. The second-order valence-corrected chi connectivity index (χ2v) is 5.79. The van der Waals surface area contributed by atoms with Crippen molar-refractivity contribution in [3.8, 4) is 0 Å². The average Bonchev–Trinajstić information content (AvgIpc) is 2.63. The van der Waals surface area contributed by atoms with Gasteiger partial charge in [-0.25, -0.2) is 0 Å². The maximum Gasteiger partial charge on any atom is 0.255 e. The van der Waals surface area contributed by atoms with E-state index in [0.717, 1.165) is 37.6 Å². The standard InChI is InChI=1S/C18H19N3O2/c22-18-15-3-1-2-4-16(15)19-17(20-18)13-5-7-14(8-6-13)21-9-11-23-12-10-21/h1-8,17,19H,9-12H2,(H,20,22)/t17-/m1/s1. The minimum Gasteiger partial charge on any atom is -0.378 e. The molecule has 23 heavy (non-hydrogen) atoms. The Labute approximate surface area is 135 Å². The van der Waals surface area contributed by atoms with Crippen molar-refractivity contribution in [2.45, 2.75) is 6.17 Å². The molecular weight excluding hydrogens is 290 g/mol. The molecule has 1 amide bonds. The predicted octanol–water partition coefficient (Wildman–Crippen LogP) is 2.38. The molecule has 2 aromatic carbocycles. The Bertz CT molecular complexity index is 708. The topological polar surface area (TPSA) is 53.6 Å². The zero-order valence-electron chi connectivity index (χ0n) is 12.8. The lowest BCUT2D eigenvalue weighted by molar-refractivity contribution is 0.0935.